The third-order valence-corrected chi connectivity index (χ3v) is 1.19. The van der Waals surface area contributed by atoms with Crippen LogP contribution >= 0.6 is 0 Å². The van der Waals surface area contributed by atoms with Gasteiger partial charge in [0.1, 0.15) is 0 Å². The Morgan fingerprint density at radius 1 is 1.45 bits per heavy atom. The van der Waals surface area contributed by atoms with Crippen molar-refractivity contribution < 1.29 is 5.11 Å². The molecule has 11 heavy (non-hydrogen) atoms. The van der Waals surface area contributed by atoms with Gasteiger partial charge in [-0.05, 0) is 20.8 Å². The molecule has 0 aliphatic carbocycles. The van der Waals surface area contributed by atoms with Crippen molar-refractivity contribution in [1.82, 2.24) is 0 Å². The van der Waals surface area contributed by atoms with Crippen molar-refractivity contribution in [2.45, 2.75) is 26.4 Å². The smallest absolute Gasteiger partial charge is 0.0774 e. The molecular formula is C10H16O. The highest BCUT2D eigenvalue weighted by molar-refractivity contribution is 5.20. The first kappa shape index (κ1) is 10.2. The number of aliphatic hydroxyl groups is 1. The largest absolute Gasteiger partial charge is 0.386 e. The van der Waals surface area contributed by atoms with Crippen LogP contribution in [0.15, 0.2) is 36.5 Å². The molecule has 0 unspecified atom stereocenters. The minimum atomic E-state index is -0.724. The van der Waals surface area contributed by atoms with Gasteiger partial charge in [-0.3, -0.25) is 0 Å². The van der Waals surface area contributed by atoms with E-state index in [0.717, 1.165) is 5.57 Å². The van der Waals surface area contributed by atoms with Crippen LogP contribution in [0.4, 0.5) is 0 Å². The minimum Gasteiger partial charge on any atom is -0.386 e. The van der Waals surface area contributed by atoms with E-state index in [4.69, 9.17) is 0 Å². The first-order chi connectivity index (χ1) is 4.95. The lowest BCUT2D eigenvalue weighted by atomic mass is 10.1. The van der Waals surface area contributed by atoms with E-state index in [1.54, 1.807) is 26.0 Å². The second-order valence-electron chi connectivity index (χ2n) is 3.13. The molecule has 0 radical (unpaired) electrons. The van der Waals surface area contributed by atoms with Gasteiger partial charge in [-0.2, -0.15) is 0 Å². The first-order valence-corrected chi connectivity index (χ1v) is 3.66. The van der Waals surface area contributed by atoms with Crippen molar-refractivity contribution in [2.75, 3.05) is 0 Å². The van der Waals surface area contributed by atoms with Crippen molar-refractivity contribution in [3.8, 4) is 0 Å². The maximum absolute atomic E-state index is 9.26. The molecule has 0 saturated heterocycles. The van der Waals surface area contributed by atoms with Crippen LogP contribution in [0.25, 0.3) is 0 Å². The zero-order valence-electron chi connectivity index (χ0n) is 7.46. The fourth-order valence-electron chi connectivity index (χ4n) is 0.503. The van der Waals surface area contributed by atoms with Crippen molar-refractivity contribution in [3.05, 3.63) is 36.5 Å². The lowest BCUT2D eigenvalue weighted by Crippen LogP contribution is -2.13. The van der Waals surface area contributed by atoms with Crippen molar-refractivity contribution in [1.29, 1.82) is 0 Å². The molecule has 0 bridgehead atoms. The second kappa shape index (κ2) is 4.14. The van der Waals surface area contributed by atoms with E-state index in [1.807, 2.05) is 19.1 Å². The highest BCUT2D eigenvalue weighted by Crippen LogP contribution is 2.03. The molecule has 0 aromatic rings. The average Bonchev–Trinajstić information content (AvgIpc) is 1.85. The highest BCUT2D eigenvalue weighted by Gasteiger charge is 2.04. The molecule has 0 spiro atoms. The summed E-state index contributed by atoms with van der Waals surface area (Å²) in [6, 6.07) is 0. The molecule has 0 amide bonds. The summed E-state index contributed by atoms with van der Waals surface area (Å²) >= 11 is 0. The molecule has 1 nitrogen and oxygen atoms in total. The second-order valence-corrected chi connectivity index (χ2v) is 3.13. The highest BCUT2D eigenvalue weighted by atomic mass is 16.3. The molecule has 0 saturated carbocycles. The zero-order valence-corrected chi connectivity index (χ0v) is 7.46. The predicted molar refractivity (Wildman–Crippen MR) is 49.4 cm³/mol. The summed E-state index contributed by atoms with van der Waals surface area (Å²) in [5, 5.41) is 9.26. The third kappa shape index (κ3) is 7.07. The Hall–Kier alpha value is -0.820. The maximum Gasteiger partial charge on any atom is 0.0774 e. The van der Waals surface area contributed by atoms with Crippen LogP contribution in [0.5, 0.6) is 0 Å². The van der Waals surface area contributed by atoms with Gasteiger partial charge in [0.15, 0.2) is 0 Å². The number of allylic oxidation sites excluding steroid dienone is 4. The molecule has 1 heteroatoms. The van der Waals surface area contributed by atoms with E-state index in [-0.39, 0.29) is 0 Å². The van der Waals surface area contributed by atoms with Gasteiger partial charge in [-0.1, -0.05) is 36.5 Å². The van der Waals surface area contributed by atoms with Crippen LogP contribution in [0.3, 0.4) is 0 Å². The van der Waals surface area contributed by atoms with Gasteiger partial charge in [0.25, 0.3) is 0 Å². The molecule has 0 aliphatic heterocycles. The van der Waals surface area contributed by atoms with Crippen LogP contribution in [-0.4, -0.2) is 10.7 Å². The van der Waals surface area contributed by atoms with E-state index in [0.29, 0.717) is 0 Å². The maximum atomic E-state index is 9.26. The molecule has 0 aromatic heterocycles. The fraction of sp³-hybridized carbons (Fsp3) is 0.400. The zero-order chi connectivity index (χ0) is 8.91. The lowest BCUT2D eigenvalue weighted by Gasteiger charge is -2.08. The van der Waals surface area contributed by atoms with Crippen LogP contribution in [-0.2, 0) is 0 Å². The Kier molecular flexibility index (Phi) is 3.83. The van der Waals surface area contributed by atoms with Gasteiger partial charge in [-0.25, -0.2) is 0 Å². The summed E-state index contributed by atoms with van der Waals surface area (Å²) in [5.41, 5.74) is 0.364. The van der Waals surface area contributed by atoms with Gasteiger partial charge in [0, 0.05) is 0 Å². The van der Waals surface area contributed by atoms with Crippen LogP contribution in [0, 0.1) is 0 Å². The summed E-state index contributed by atoms with van der Waals surface area (Å²) in [7, 11) is 0. The Balaban J connectivity index is 4.06. The van der Waals surface area contributed by atoms with Crippen molar-refractivity contribution in [3.63, 3.8) is 0 Å². The van der Waals surface area contributed by atoms with Crippen LogP contribution < -0.4 is 0 Å². The van der Waals surface area contributed by atoms with E-state index < -0.39 is 5.60 Å². The SMILES string of the molecule is C=C/C(C)=C\C=C/C(C)(C)O. The van der Waals surface area contributed by atoms with Gasteiger partial charge in [0.05, 0.1) is 5.60 Å². The van der Waals surface area contributed by atoms with E-state index in [2.05, 4.69) is 6.58 Å². The lowest BCUT2D eigenvalue weighted by molar-refractivity contribution is 0.133. The predicted octanol–water partition coefficient (Wildman–Crippen LogP) is 2.45. The Morgan fingerprint density at radius 2 is 2.00 bits per heavy atom. The topological polar surface area (TPSA) is 20.2 Å². The van der Waals surface area contributed by atoms with E-state index in [9.17, 15) is 5.11 Å². The summed E-state index contributed by atoms with van der Waals surface area (Å²) < 4.78 is 0. The number of rotatable bonds is 3. The summed E-state index contributed by atoms with van der Waals surface area (Å²) in [5.74, 6) is 0. The van der Waals surface area contributed by atoms with Crippen molar-refractivity contribution in [2.24, 2.45) is 0 Å². The van der Waals surface area contributed by atoms with Gasteiger partial charge < -0.3 is 5.11 Å². The Bertz CT molecular complexity index is 180. The molecule has 62 valence electrons. The van der Waals surface area contributed by atoms with Gasteiger partial charge in [-0.15, -0.1) is 0 Å². The molecule has 0 rings (SSSR count). The van der Waals surface area contributed by atoms with Crippen molar-refractivity contribution >= 4 is 0 Å². The summed E-state index contributed by atoms with van der Waals surface area (Å²) in [6.45, 7) is 9.04. The third-order valence-electron chi connectivity index (χ3n) is 1.19. The first-order valence-electron chi connectivity index (χ1n) is 3.66. The minimum absolute atomic E-state index is 0.724. The normalized spacial score (nSPS) is 14.0. The molecule has 0 fully saturated rings. The fourth-order valence-corrected chi connectivity index (χ4v) is 0.503. The molecule has 0 heterocycles. The Morgan fingerprint density at radius 3 is 2.36 bits per heavy atom. The van der Waals surface area contributed by atoms with Crippen LogP contribution in [0.1, 0.15) is 20.8 Å². The van der Waals surface area contributed by atoms with E-state index >= 15 is 0 Å². The molecular weight excluding hydrogens is 136 g/mol. The molecule has 0 aromatic carbocycles. The molecule has 1 N–H and O–H groups in total. The molecule has 0 aliphatic rings. The standard InChI is InChI=1S/C10H16O/c1-5-9(2)7-6-8-10(3,4)11/h5-8,11H,1H2,2-4H3/b8-6-,9-7-. The number of hydrogen-bond donors (Lipinski definition) is 1. The van der Waals surface area contributed by atoms with Gasteiger partial charge >= 0.3 is 0 Å². The molecule has 0 atom stereocenters. The Labute approximate surface area is 68.7 Å². The van der Waals surface area contributed by atoms with Gasteiger partial charge in [0.2, 0.25) is 0 Å². The summed E-state index contributed by atoms with van der Waals surface area (Å²) in [6.07, 6.45) is 7.25. The quantitative estimate of drug-likeness (QED) is 0.616. The number of hydrogen-bond acceptors (Lipinski definition) is 1. The van der Waals surface area contributed by atoms with Crippen LogP contribution in [0.2, 0.25) is 0 Å². The monoisotopic (exact) mass is 152 g/mol. The average molecular weight is 152 g/mol. The summed E-state index contributed by atoms with van der Waals surface area (Å²) in [4.78, 5) is 0. The van der Waals surface area contributed by atoms with E-state index in [1.165, 1.54) is 0 Å².